The topological polar surface area (TPSA) is 66.6 Å². The van der Waals surface area contributed by atoms with Crippen LogP contribution in [0.1, 0.15) is 22.3 Å². The van der Waals surface area contributed by atoms with E-state index in [9.17, 15) is 9.90 Å². The third kappa shape index (κ3) is 4.32. The van der Waals surface area contributed by atoms with Crippen molar-refractivity contribution in [1.82, 2.24) is 0 Å². The van der Waals surface area contributed by atoms with Gasteiger partial charge in [-0.3, -0.25) is 4.79 Å². The van der Waals surface area contributed by atoms with Crippen molar-refractivity contribution in [3.63, 3.8) is 0 Å². The Labute approximate surface area is 141 Å². The Kier molecular flexibility index (Phi) is 5.77. The Morgan fingerprint density at radius 1 is 1.22 bits per heavy atom. The first kappa shape index (κ1) is 17.5. The molecule has 2 atom stereocenters. The predicted molar refractivity (Wildman–Crippen MR) is 94.0 cm³/mol. The molecule has 0 saturated carbocycles. The summed E-state index contributed by atoms with van der Waals surface area (Å²) in [6, 6.07) is 14.5. The van der Waals surface area contributed by atoms with Crippen LogP contribution in [0.25, 0.3) is 0 Å². The highest BCUT2D eigenvalue weighted by atomic mass is 35.5. The Bertz CT molecular complexity index is 673. The van der Waals surface area contributed by atoms with Gasteiger partial charge in [0.1, 0.15) is 6.17 Å². The fourth-order valence-corrected chi connectivity index (χ4v) is 2.54. The summed E-state index contributed by atoms with van der Waals surface area (Å²) in [6.45, 7) is 1.87. The number of aliphatic hydroxyl groups excluding tert-OH is 1. The van der Waals surface area contributed by atoms with E-state index < -0.39 is 12.3 Å². The Balaban J connectivity index is 2.04. The van der Waals surface area contributed by atoms with Crippen LogP contribution in [0.15, 0.2) is 48.5 Å². The van der Waals surface area contributed by atoms with E-state index in [1.165, 1.54) is 0 Å². The molecule has 23 heavy (non-hydrogen) atoms. The van der Waals surface area contributed by atoms with E-state index in [1.54, 1.807) is 30.1 Å². The molecule has 0 aromatic heterocycles. The third-order valence-electron chi connectivity index (χ3n) is 3.92. The average Bonchev–Trinajstić information content (AvgIpc) is 2.54. The van der Waals surface area contributed by atoms with Crippen molar-refractivity contribution in [3.05, 3.63) is 64.7 Å². The molecule has 0 fully saturated rings. The molecule has 0 saturated heterocycles. The number of nitrogens with two attached hydrogens (primary N) is 1. The fraction of sp³-hybridized carbons (Fsp3) is 0.278. The number of hydrogen-bond acceptors (Lipinski definition) is 4. The maximum Gasteiger partial charge on any atom is 0.165 e. The smallest absolute Gasteiger partial charge is 0.165 e. The zero-order chi connectivity index (χ0) is 17.0. The summed E-state index contributed by atoms with van der Waals surface area (Å²) in [4.78, 5) is 14.1. The van der Waals surface area contributed by atoms with Crippen molar-refractivity contribution < 1.29 is 9.90 Å². The number of hydrogen-bond donors (Lipinski definition) is 2. The van der Waals surface area contributed by atoms with Gasteiger partial charge in [-0.2, -0.15) is 0 Å². The van der Waals surface area contributed by atoms with Gasteiger partial charge in [0.15, 0.2) is 5.78 Å². The number of carbonyl (C=O) groups is 1. The highest BCUT2D eigenvalue weighted by Crippen LogP contribution is 2.20. The van der Waals surface area contributed by atoms with Crippen LogP contribution < -0.4 is 10.6 Å². The van der Waals surface area contributed by atoms with Crippen molar-refractivity contribution in [2.24, 2.45) is 5.73 Å². The van der Waals surface area contributed by atoms with Crippen LogP contribution >= 0.6 is 11.6 Å². The molecule has 0 bridgehead atoms. The van der Waals surface area contributed by atoms with Gasteiger partial charge in [0.05, 0.1) is 6.10 Å². The van der Waals surface area contributed by atoms with E-state index in [2.05, 4.69) is 0 Å². The first-order valence-corrected chi connectivity index (χ1v) is 7.79. The molecule has 0 aliphatic carbocycles. The number of aryl methyl sites for hydroxylation is 1. The van der Waals surface area contributed by atoms with Gasteiger partial charge in [-0.15, -0.1) is 0 Å². The van der Waals surface area contributed by atoms with Crippen LogP contribution in [0.4, 0.5) is 5.69 Å². The number of rotatable bonds is 6. The minimum Gasteiger partial charge on any atom is -0.389 e. The molecule has 2 rings (SSSR count). The number of benzene rings is 2. The van der Waals surface area contributed by atoms with Gasteiger partial charge >= 0.3 is 0 Å². The SMILES string of the molecule is Cc1ccccc1C(=O)CC(O)C(N)N(C)c1ccc(Cl)cc1. The summed E-state index contributed by atoms with van der Waals surface area (Å²) in [5.74, 6) is -0.115. The second kappa shape index (κ2) is 7.59. The van der Waals surface area contributed by atoms with Crippen molar-refractivity contribution in [2.45, 2.75) is 25.6 Å². The molecule has 4 nitrogen and oxygen atoms in total. The van der Waals surface area contributed by atoms with Crippen molar-refractivity contribution in [3.8, 4) is 0 Å². The van der Waals surface area contributed by atoms with E-state index in [1.807, 2.05) is 37.3 Å². The minimum absolute atomic E-state index is 0.0239. The quantitative estimate of drug-likeness (QED) is 0.630. The first-order valence-electron chi connectivity index (χ1n) is 7.41. The molecular weight excluding hydrogens is 312 g/mol. The normalized spacial score (nSPS) is 13.4. The molecule has 0 aliphatic heterocycles. The number of ketones is 1. The largest absolute Gasteiger partial charge is 0.389 e. The molecule has 0 heterocycles. The van der Waals surface area contributed by atoms with Crippen molar-refractivity contribution in [2.75, 3.05) is 11.9 Å². The highest BCUT2D eigenvalue weighted by molar-refractivity contribution is 6.30. The van der Waals surface area contributed by atoms with Gasteiger partial charge in [-0.25, -0.2) is 0 Å². The molecule has 3 N–H and O–H groups in total. The molecule has 2 unspecified atom stereocenters. The zero-order valence-corrected chi connectivity index (χ0v) is 14.0. The van der Waals surface area contributed by atoms with Gasteiger partial charge in [0, 0.05) is 29.7 Å². The maximum absolute atomic E-state index is 12.3. The van der Waals surface area contributed by atoms with Gasteiger partial charge in [0.2, 0.25) is 0 Å². The van der Waals surface area contributed by atoms with Gasteiger partial charge in [0.25, 0.3) is 0 Å². The summed E-state index contributed by atoms with van der Waals surface area (Å²) in [5.41, 5.74) is 8.42. The second-order valence-electron chi connectivity index (χ2n) is 5.59. The van der Waals surface area contributed by atoms with Crippen LogP contribution in [-0.2, 0) is 0 Å². The number of anilines is 1. The Morgan fingerprint density at radius 3 is 2.43 bits per heavy atom. The van der Waals surface area contributed by atoms with Gasteiger partial charge < -0.3 is 15.7 Å². The molecule has 0 amide bonds. The van der Waals surface area contributed by atoms with Crippen LogP contribution in [-0.4, -0.2) is 30.2 Å². The van der Waals surface area contributed by atoms with E-state index in [-0.39, 0.29) is 12.2 Å². The molecule has 0 aliphatic rings. The lowest BCUT2D eigenvalue weighted by molar-refractivity contribution is 0.0836. The number of aliphatic hydroxyl groups is 1. The zero-order valence-electron chi connectivity index (χ0n) is 13.2. The number of halogens is 1. The third-order valence-corrected chi connectivity index (χ3v) is 4.17. The summed E-state index contributed by atoms with van der Waals surface area (Å²) >= 11 is 5.87. The lowest BCUT2D eigenvalue weighted by Gasteiger charge is -2.30. The van der Waals surface area contributed by atoms with E-state index >= 15 is 0 Å². The van der Waals surface area contributed by atoms with E-state index in [4.69, 9.17) is 17.3 Å². The lowest BCUT2D eigenvalue weighted by atomic mass is 9.99. The van der Waals surface area contributed by atoms with Crippen LogP contribution in [0.2, 0.25) is 5.02 Å². The molecule has 0 spiro atoms. The standard InChI is InChI=1S/C18H21ClN2O2/c1-12-5-3-4-6-15(12)16(22)11-17(23)18(20)21(2)14-9-7-13(19)8-10-14/h3-10,17-18,23H,11,20H2,1-2H3. The summed E-state index contributed by atoms with van der Waals surface area (Å²) in [5, 5.41) is 10.9. The van der Waals surface area contributed by atoms with Gasteiger partial charge in [-0.05, 0) is 36.8 Å². The summed E-state index contributed by atoms with van der Waals surface area (Å²) in [7, 11) is 1.77. The Hall–Kier alpha value is -1.88. The maximum atomic E-state index is 12.3. The van der Waals surface area contributed by atoms with E-state index in [0.717, 1.165) is 11.3 Å². The van der Waals surface area contributed by atoms with Crippen LogP contribution in [0.5, 0.6) is 0 Å². The van der Waals surface area contributed by atoms with E-state index in [0.29, 0.717) is 10.6 Å². The van der Waals surface area contributed by atoms with Crippen molar-refractivity contribution >= 4 is 23.1 Å². The molecular formula is C18H21ClN2O2. The molecule has 0 radical (unpaired) electrons. The second-order valence-corrected chi connectivity index (χ2v) is 6.02. The minimum atomic E-state index is -0.970. The molecule has 122 valence electrons. The van der Waals surface area contributed by atoms with Crippen molar-refractivity contribution in [1.29, 1.82) is 0 Å². The number of carbonyl (C=O) groups excluding carboxylic acids is 1. The van der Waals surface area contributed by atoms with Crippen LogP contribution in [0, 0.1) is 6.92 Å². The molecule has 5 heteroatoms. The molecule has 2 aromatic carbocycles. The monoisotopic (exact) mass is 332 g/mol. The molecule has 2 aromatic rings. The summed E-state index contributed by atoms with van der Waals surface area (Å²) in [6.07, 6.45) is -1.68. The fourth-order valence-electron chi connectivity index (χ4n) is 2.41. The highest BCUT2D eigenvalue weighted by Gasteiger charge is 2.23. The first-order chi connectivity index (χ1) is 10.9. The number of Topliss-reactive ketones (excluding diaryl/α,β-unsaturated/α-hetero) is 1. The van der Waals surface area contributed by atoms with Crippen LogP contribution in [0.3, 0.4) is 0 Å². The number of likely N-dealkylation sites (N-methyl/N-ethyl adjacent to an activating group) is 1. The van der Waals surface area contributed by atoms with Gasteiger partial charge in [-0.1, -0.05) is 35.9 Å². The number of nitrogens with zero attached hydrogens (tertiary/aromatic N) is 1. The lowest BCUT2D eigenvalue weighted by Crippen LogP contribution is -2.49. The Morgan fingerprint density at radius 2 is 1.83 bits per heavy atom. The predicted octanol–water partition coefficient (Wildman–Crippen LogP) is 3.00. The summed E-state index contributed by atoms with van der Waals surface area (Å²) < 4.78 is 0. The average molecular weight is 333 g/mol.